The molecule has 0 radical (unpaired) electrons. The van der Waals surface area contributed by atoms with Crippen LogP contribution in [0.4, 0.5) is 0 Å². The first-order chi connectivity index (χ1) is 13.8. The highest BCUT2D eigenvalue weighted by atomic mass is 16.5. The van der Waals surface area contributed by atoms with E-state index in [4.69, 9.17) is 9.47 Å². The molecule has 3 rings (SSSR count). The van der Waals surface area contributed by atoms with Gasteiger partial charge < -0.3 is 9.47 Å². The zero-order valence-electron chi connectivity index (χ0n) is 16.2. The Balaban J connectivity index is 1.59. The summed E-state index contributed by atoms with van der Waals surface area (Å²) in [7, 11) is 0. The summed E-state index contributed by atoms with van der Waals surface area (Å²) in [6.45, 7) is 5.29. The third kappa shape index (κ3) is 5.81. The minimum Gasteiger partial charge on any atom is -0.494 e. The van der Waals surface area contributed by atoms with E-state index in [0.29, 0.717) is 13.2 Å². The first-order valence-corrected chi connectivity index (χ1v) is 9.42. The first-order valence-electron chi connectivity index (χ1n) is 9.42. The highest BCUT2D eigenvalue weighted by molar-refractivity contribution is 5.70. The smallest absolute Gasteiger partial charge is 0.119 e. The van der Waals surface area contributed by atoms with E-state index in [0.717, 1.165) is 34.0 Å². The van der Waals surface area contributed by atoms with Gasteiger partial charge in [-0.25, -0.2) is 0 Å². The van der Waals surface area contributed by atoms with Crippen LogP contribution in [-0.4, -0.2) is 23.4 Å². The zero-order chi connectivity index (χ0) is 19.6. The van der Waals surface area contributed by atoms with Gasteiger partial charge in [0.15, 0.2) is 0 Å². The molecule has 142 valence electrons. The number of benzene rings is 2. The van der Waals surface area contributed by atoms with E-state index in [1.165, 1.54) is 0 Å². The van der Waals surface area contributed by atoms with Crippen molar-refractivity contribution < 1.29 is 9.47 Å². The summed E-state index contributed by atoms with van der Waals surface area (Å²) in [5, 5.41) is 8.52. The molecule has 0 spiro atoms. The van der Waals surface area contributed by atoms with Crippen molar-refractivity contribution >= 4 is 24.3 Å². The molecule has 0 bridgehead atoms. The van der Waals surface area contributed by atoms with Gasteiger partial charge in [-0.2, -0.15) is 10.2 Å². The normalized spacial score (nSPS) is 11.2. The second-order valence-corrected chi connectivity index (χ2v) is 6.05. The molecule has 0 aliphatic heterocycles. The van der Waals surface area contributed by atoms with Gasteiger partial charge in [-0.05, 0) is 73.5 Å². The molecule has 0 atom stereocenters. The average molecular weight is 372 g/mol. The molecule has 0 fully saturated rings. The molecule has 1 aromatic heterocycles. The van der Waals surface area contributed by atoms with Gasteiger partial charge in [-0.1, -0.05) is 36.4 Å². The minimum absolute atomic E-state index is 0.671. The zero-order valence-corrected chi connectivity index (χ0v) is 16.2. The highest BCUT2D eigenvalue weighted by Crippen LogP contribution is 2.15. The second kappa shape index (κ2) is 10.1. The van der Waals surface area contributed by atoms with E-state index >= 15 is 0 Å². The number of rotatable bonds is 8. The van der Waals surface area contributed by atoms with Crippen molar-refractivity contribution in [1.29, 1.82) is 0 Å². The van der Waals surface area contributed by atoms with E-state index < -0.39 is 0 Å². The summed E-state index contributed by atoms with van der Waals surface area (Å²) in [6, 6.07) is 19.8. The largest absolute Gasteiger partial charge is 0.494 e. The molecule has 0 aliphatic carbocycles. The molecule has 0 unspecified atom stereocenters. The molecular weight excluding hydrogens is 348 g/mol. The summed E-state index contributed by atoms with van der Waals surface area (Å²) in [5.74, 6) is 1.76. The second-order valence-electron chi connectivity index (χ2n) is 6.05. The lowest BCUT2D eigenvalue weighted by atomic mass is 10.2. The Morgan fingerprint density at radius 3 is 1.29 bits per heavy atom. The van der Waals surface area contributed by atoms with Gasteiger partial charge in [0.1, 0.15) is 11.5 Å². The van der Waals surface area contributed by atoms with Crippen LogP contribution in [0.1, 0.15) is 36.4 Å². The van der Waals surface area contributed by atoms with Crippen molar-refractivity contribution in [2.24, 2.45) is 0 Å². The summed E-state index contributed by atoms with van der Waals surface area (Å²) in [4.78, 5) is 0. The highest BCUT2D eigenvalue weighted by Gasteiger charge is 1.95. The quantitative estimate of drug-likeness (QED) is 0.515. The fourth-order valence-corrected chi connectivity index (χ4v) is 2.58. The minimum atomic E-state index is 0.671. The molecule has 0 saturated heterocycles. The average Bonchev–Trinajstić information content (AvgIpc) is 2.74. The summed E-state index contributed by atoms with van der Waals surface area (Å²) < 4.78 is 10.9. The van der Waals surface area contributed by atoms with E-state index in [2.05, 4.69) is 10.2 Å². The fraction of sp³-hybridized carbons (Fsp3) is 0.167. The van der Waals surface area contributed by atoms with Gasteiger partial charge in [0, 0.05) is 0 Å². The molecule has 4 heteroatoms. The van der Waals surface area contributed by atoms with Crippen LogP contribution in [0.5, 0.6) is 11.5 Å². The topological polar surface area (TPSA) is 44.2 Å². The third-order valence-electron chi connectivity index (χ3n) is 3.98. The van der Waals surface area contributed by atoms with Crippen molar-refractivity contribution in [1.82, 2.24) is 10.2 Å². The predicted molar refractivity (Wildman–Crippen MR) is 115 cm³/mol. The Kier molecular flexibility index (Phi) is 6.96. The van der Waals surface area contributed by atoms with Gasteiger partial charge >= 0.3 is 0 Å². The lowest BCUT2D eigenvalue weighted by Gasteiger charge is -2.02. The molecule has 0 aliphatic rings. The van der Waals surface area contributed by atoms with E-state index in [1.807, 2.05) is 98.8 Å². The number of hydrogen-bond acceptors (Lipinski definition) is 4. The van der Waals surface area contributed by atoms with E-state index in [1.54, 1.807) is 0 Å². The van der Waals surface area contributed by atoms with Gasteiger partial charge in [-0.3, -0.25) is 0 Å². The van der Waals surface area contributed by atoms with Crippen LogP contribution < -0.4 is 9.47 Å². The number of nitrogens with zero attached hydrogens (tertiary/aromatic N) is 2. The van der Waals surface area contributed by atoms with Crippen molar-refractivity contribution in [3.8, 4) is 11.5 Å². The van der Waals surface area contributed by atoms with Crippen molar-refractivity contribution in [3.05, 3.63) is 83.2 Å². The molecule has 2 aromatic carbocycles. The predicted octanol–water partition coefficient (Wildman–Crippen LogP) is 5.61. The molecule has 3 aromatic rings. The summed E-state index contributed by atoms with van der Waals surface area (Å²) in [5.41, 5.74) is 3.80. The van der Waals surface area contributed by atoms with Gasteiger partial charge in [-0.15, -0.1) is 0 Å². The van der Waals surface area contributed by atoms with Crippen LogP contribution in [0.25, 0.3) is 24.3 Å². The Bertz CT molecular complexity index is 834. The summed E-state index contributed by atoms with van der Waals surface area (Å²) in [6.07, 6.45) is 7.91. The third-order valence-corrected chi connectivity index (χ3v) is 3.98. The lowest BCUT2D eigenvalue weighted by molar-refractivity contribution is 0.340. The van der Waals surface area contributed by atoms with Crippen LogP contribution in [0.2, 0.25) is 0 Å². The molecular formula is C24H24N2O2. The van der Waals surface area contributed by atoms with Crippen molar-refractivity contribution in [2.45, 2.75) is 13.8 Å². The molecule has 0 saturated carbocycles. The van der Waals surface area contributed by atoms with Gasteiger partial charge in [0.25, 0.3) is 0 Å². The number of ether oxygens (including phenoxy) is 2. The maximum absolute atomic E-state index is 5.45. The Morgan fingerprint density at radius 2 is 0.964 bits per heavy atom. The Hall–Kier alpha value is -3.40. The standard InChI is InChI=1S/C24H24N2O2/c1-3-27-23-15-7-19(8-16-23)5-11-21-13-14-22(26-25-21)12-6-20-9-17-24(18-10-20)28-4-2/h5-18H,3-4H2,1-2H3/b11-5+,12-6+. The monoisotopic (exact) mass is 372 g/mol. The number of hydrogen-bond donors (Lipinski definition) is 0. The van der Waals surface area contributed by atoms with E-state index in [-0.39, 0.29) is 0 Å². The van der Waals surface area contributed by atoms with Crippen LogP contribution in [0.3, 0.4) is 0 Å². The number of aromatic nitrogens is 2. The van der Waals surface area contributed by atoms with Gasteiger partial charge in [0.05, 0.1) is 24.6 Å². The van der Waals surface area contributed by atoms with Crippen LogP contribution in [0.15, 0.2) is 60.7 Å². The maximum atomic E-state index is 5.45. The maximum Gasteiger partial charge on any atom is 0.119 e. The van der Waals surface area contributed by atoms with Crippen molar-refractivity contribution in [3.63, 3.8) is 0 Å². The molecule has 1 heterocycles. The molecule has 28 heavy (non-hydrogen) atoms. The van der Waals surface area contributed by atoms with Crippen LogP contribution in [-0.2, 0) is 0 Å². The SMILES string of the molecule is CCOc1ccc(/C=C/c2ccc(/C=C/c3ccc(OCC)cc3)nn2)cc1. The fourth-order valence-electron chi connectivity index (χ4n) is 2.58. The Labute approximate surface area is 166 Å². The van der Waals surface area contributed by atoms with Crippen LogP contribution >= 0.6 is 0 Å². The molecule has 0 amide bonds. The van der Waals surface area contributed by atoms with Crippen molar-refractivity contribution in [2.75, 3.05) is 13.2 Å². The Morgan fingerprint density at radius 1 is 0.571 bits per heavy atom. The van der Waals surface area contributed by atoms with Crippen LogP contribution in [0, 0.1) is 0 Å². The first kappa shape index (κ1) is 19.4. The molecule has 0 N–H and O–H groups in total. The van der Waals surface area contributed by atoms with E-state index in [9.17, 15) is 0 Å². The van der Waals surface area contributed by atoms with Gasteiger partial charge in [0.2, 0.25) is 0 Å². The lowest BCUT2D eigenvalue weighted by Crippen LogP contribution is -1.90. The summed E-state index contributed by atoms with van der Waals surface area (Å²) >= 11 is 0. The molecule has 4 nitrogen and oxygen atoms in total.